The Bertz CT molecular complexity index is 1330. The number of carbonyl (C=O) groups excluding carboxylic acids is 1. The van der Waals surface area contributed by atoms with Crippen molar-refractivity contribution in [3.8, 4) is 11.3 Å². The van der Waals surface area contributed by atoms with Crippen molar-refractivity contribution >= 4 is 40.0 Å². The number of anilines is 2. The molecule has 0 radical (unpaired) electrons. The van der Waals surface area contributed by atoms with Gasteiger partial charge in [0.1, 0.15) is 12.2 Å². The van der Waals surface area contributed by atoms with Gasteiger partial charge in [0.05, 0.1) is 23.8 Å². The summed E-state index contributed by atoms with van der Waals surface area (Å²) in [6.07, 6.45) is 0.522. The van der Waals surface area contributed by atoms with Crippen molar-refractivity contribution in [3.05, 3.63) is 65.4 Å². The highest BCUT2D eigenvalue weighted by molar-refractivity contribution is 7.13. The molecule has 4 rings (SSSR count). The first-order valence-electron chi connectivity index (χ1n) is 9.81. The number of carbonyl (C=O) groups is 1. The van der Waals surface area contributed by atoms with Gasteiger partial charge in [-0.1, -0.05) is 17.3 Å². The van der Waals surface area contributed by atoms with Crippen LogP contribution in [0.4, 0.5) is 28.8 Å². The minimum atomic E-state index is -4.48. The zero-order valence-electron chi connectivity index (χ0n) is 17.4. The van der Waals surface area contributed by atoms with Gasteiger partial charge >= 0.3 is 12.2 Å². The number of aromatic nitrogens is 3. The Morgan fingerprint density at radius 3 is 2.91 bits per heavy atom. The minimum absolute atomic E-state index is 0.207. The van der Waals surface area contributed by atoms with Crippen molar-refractivity contribution in [1.29, 1.82) is 0 Å². The van der Waals surface area contributed by atoms with Crippen molar-refractivity contribution < 1.29 is 22.8 Å². The van der Waals surface area contributed by atoms with Crippen LogP contribution in [0.5, 0.6) is 0 Å². The Kier molecular flexibility index (Phi) is 6.63. The first-order chi connectivity index (χ1) is 16.3. The fraction of sp³-hybridized carbons (Fsp3) is 0.143. The fourth-order valence-corrected chi connectivity index (χ4v) is 3.54. The van der Waals surface area contributed by atoms with Crippen molar-refractivity contribution in [2.75, 3.05) is 17.6 Å². The van der Waals surface area contributed by atoms with E-state index in [9.17, 15) is 18.0 Å². The highest BCUT2D eigenvalue weighted by Crippen LogP contribution is 2.24. The van der Waals surface area contributed by atoms with Crippen LogP contribution in [0, 0.1) is 0 Å². The molecule has 0 aliphatic carbocycles. The number of pyridine rings is 1. The molecule has 3 heterocycles. The molecule has 1 aromatic carbocycles. The zero-order chi connectivity index (χ0) is 24.1. The monoisotopic (exact) mass is 489 g/mol. The third-order valence-corrected chi connectivity index (χ3v) is 5.18. The quantitative estimate of drug-likeness (QED) is 0.265. The number of imidazole rings is 1. The predicted molar refractivity (Wildman–Crippen MR) is 123 cm³/mol. The first-order valence-corrected chi connectivity index (χ1v) is 10.7. The molecule has 0 bridgehead atoms. The van der Waals surface area contributed by atoms with Crippen LogP contribution in [0.2, 0.25) is 0 Å². The maximum absolute atomic E-state index is 12.3. The Balaban J connectivity index is 1.43. The normalized spacial score (nSPS) is 11.7. The number of benzene rings is 1. The fourth-order valence-electron chi connectivity index (χ4n) is 2.99. The smallest absolute Gasteiger partial charge is 0.389 e. The maximum atomic E-state index is 12.3. The number of amides is 2. The number of nitrogens with one attached hydrogen (secondary N) is 2. The zero-order valence-corrected chi connectivity index (χ0v) is 18.2. The van der Waals surface area contributed by atoms with E-state index in [4.69, 9.17) is 10.6 Å². The number of rotatable bonds is 7. The lowest BCUT2D eigenvalue weighted by atomic mass is 10.1. The lowest BCUT2D eigenvalue weighted by molar-refractivity contribution is -0.122. The topological polar surface area (TPSA) is 119 Å². The van der Waals surface area contributed by atoms with E-state index in [1.54, 1.807) is 53.6 Å². The van der Waals surface area contributed by atoms with Gasteiger partial charge in [-0.05, 0) is 24.3 Å². The van der Waals surface area contributed by atoms with Gasteiger partial charge in [0.25, 0.3) is 0 Å². The molecule has 9 nitrogen and oxygen atoms in total. The third-order valence-electron chi connectivity index (χ3n) is 4.46. The van der Waals surface area contributed by atoms with E-state index in [0.29, 0.717) is 27.7 Å². The Morgan fingerprint density at radius 2 is 2.15 bits per heavy atom. The summed E-state index contributed by atoms with van der Waals surface area (Å²) < 4.78 is 38.6. The van der Waals surface area contributed by atoms with Gasteiger partial charge in [-0.25, -0.2) is 14.8 Å². The maximum Gasteiger partial charge on any atom is 0.405 e. The van der Waals surface area contributed by atoms with E-state index in [1.807, 2.05) is 16.5 Å². The van der Waals surface area contributed by atoms with Crippen molar-refractivity contribution in [2.45, 2.75) is 12.8 Å². The molecule has 34 heavy (non-hydrogen) atoms. The number of hydrogen-bond donors (Lipinski definition) is 3. The van der Waals surface area contributed by atoms with Crippen molar-refractivity contribution in [2.24, 2.45) is 5.16 Å². The number of nitrogens with zero attached hydrogens (tertiary/aromatic N) is 4. The molecule has 3 aromatic heterocycles. The third kappa shape index (κ3) is 6.01. The summed E-state index contributed by atoms with van der Waals surface area (Å²) in [5.74, 6) is 0. The van der Waals surface area contributed by atoms with E-state index in [2.05, 4.69) is 20.4 Å². The van der Waals surface area contributed by atoms with E-state index >= 15 is 0 Å². The molecule has 0 aliphatic heterocycles. The van der Waals surface area contributed by atoms with Gasteiger partial charge in [-0.15, -0.1) is 11.3 Å². The van der Waals surface area contributed by atoms with Gasteiger partial charge in [-0.2, -0.15) is 13.2 Å². The molecule has 0 aliphatic rings. The molecular formula is C21H18F3N7O2S. The molecule has 0 saturated heterocycles. The van der Waals surface area contributed by atoms with Crippen molar-refractivity contribution in [1.82, 2.24) is 19.7 Å². The van der Waals surface area contributed by atoms with Gasteiger partial charge in [-0.3, -0.25) is 4.40 Å². The summed E-state index contributed by atoms with van der Waals surface area (Å²) in [6, 6.07) is 9.39. The van der Waals surface area contributed by atoms with Crippen LogP contribution < -0.4 is 16.4 Å². The Morgan fingerprint density at radius 1 is 1.29 bits per heavy atom. The number of nitrogens with two attached hydrogens (primary N) is 1. The molecule has 13 heteroatoms. The summed E-state index contributed by atoms with van der Waals surface area (Å²) in [6.45, 7) is -1.21. The highest BCUT2D eigenvalue weighted by atomic mass is 32.1. The second-order valence-electron chi connectivity index (χ2n) is 7.02. The summed E-state index contributed by atoms with van der Waals surface area (Å²) in [5, 5.41) is 10.4. The lowest BCUT2D eigenvalue weighted by Gasteiger charge is -2.10. The van der Waals surface area contributed by atoms with E-state index in [-0.39, 0.29) is 6.61 Å². The van der Waals surface area contributed by atoms with Crippen LogP contribution >= 0.6 is 11.3 Å². The Hall–Kier alpha value is -4.13. The number of urea groups is 1. The van der Waals surface area contributed by atoms with Crippen LogP contribution in [-0.2, 0) is 11.4 Å². The summed E-state index contributed by atoms with van der Waals surface area (Å²) in [7, 11) is 0. The SMILES string of the molecule is Nc1nc(CO/N=C/c2ccn3c(-c4cccc(NC(=O)NCC(F)(F)F)c4)cnc3c2)cs1. The number of hydrogen-bond acceptors (Lipinski definition) is 7. The van der Waals surface area contributed by atoms with Gasteiger partial charge in [0.15, 0.2) is 11.7 Å². The molecule has 4 aromatic rings. The standard InChI is InChI=1S/C21H18F3N7O2S/c22-21(23,24)12-27-20(32)30-15-3-1-2-14(7-15)17-9-26-18-6-13(4-5-31(17)18)8-28-33-10-16-11-34-19(25)29-16/h1-9,11H,10,12H2,(H2,25,29)(H2,27,30,32)/b28-8+. The highest BCUT2D eigenvalue weighted by Gasteiger charge is 2.27. The van der Waals surface area contributed by atoms with Crippen LogP contribution in [0.25, 0.3) is 16.9 Å². The van der Waals surface area contributed by atoms with Crippen molar-refractivity contribution in [3.63, 3.8) is 0 Å². The van der Waals surface area contributed by atoms with Crippen LogP contribution in [0.15, 0.2) is 59.3 Å². The van der Waals surface area contributed by atoms with Gasteiger partial charge in [0.2, 0.25) is 0 Å². The largest absolute Gasteiger partial charge is 0.405 e. The van der Waals surface area contributed by atoms with Crippen LogP contribution in [0.1, 0.15) is 11.3 Å². The second kappa shape index (κ2) is 9.79. The van der Waals surface area contributed by atoms with E-state index < -0.39 is 18.8 Å². The average molecular weight is 489 g/mol. The van der Waals surface area contributed by atoms with Gasteiger partial charge < -0.3 is 21.2 Å². The van der Waals surface area contributed by atoms with E-state index in [0.717, 1.165) is 11.3 Å². The molecule has 0 spiro atoms. The molecule has 0 atom stereocenters. The number of alkyl halides is 3. The summed E-state index contributed by atoms with van der Waals surface area (Å²) in [5.41, 5.74) is 9.47. The molecule has 4 N–H and O–H groups in total. The second-order valence-corrected chi connectivity index (χ2v) is 7.91. The lowest BCUT2D eigenvalue weighted by Crippen LogP contribution is -2.36. The molecular weight excluding hydrogens is 471 g/mol. The number of oxime groups is 1. The summed E-state index contributed by atoms with van der Waals surface area (Å²) in [4.78, 5) is 25.4. The van der Waals surface area contributed by atoms with Crippen LogP contribution in [-0.4, -0.2) is 39.3 Å². The summed E-state index contributed by atoms with van der Waals surface area (Å²) >= 11 is 1.33. The molecule has 0 unspecified atom stereocenters. The Labute approximate surface area is 195 Å². The number of fused-ring (bicyclic) bond motifs is 1. The molecule has 0 saturated carbocycles. The first kappa shape index (κ1) is 23.0. The molecule has 2 amide bonds. The van der Waals surface area contributed by atoms with Crippen LogP contribution in [0.3, 0.4) is 0 Å². The number of thiazole rings is 1. The predicted octanol–water partition coefficient (Wildman–Crippen LogP) is 4.27. The number of nitrogen functional groups attached to an aromatic ring is 1. The molecule has 0 fully saturated rings. The average Bonchev–Trinajstić information content (AvgIpc) is 3.40. The minimum Gasteiger partial charge on any atom is -0.389 e. The number of halogens is 3. The van der Waals surface area contributed by atoms with Gasteiger partial charge in [0, 0.05) is 28.4 Å². The molecule has 176 valence electrons. The van der Waals surface area contributed by atoms with E-state index in [1.165, 1.54) is 11.3 Å².